The Morgan fingerprint density at radius 3 is 2.57 bits per heavy atom. The third-order valence-electron chi connectivity index (χ3n) is 7.04. The van der Waals surface area contributed by atoms with Crippen molar-refractivity contribution in [2.75, 3.05) is 0 Å². The lowest BCUT2D eigenvalue weighted by Gasteiger charge is -2.24. The Labute approximate surface area is 201 Å². The minimum absolute atomic E-state index is 0.0249. The van der Waals surface area contributed by atoms with Crippen LogP contribution in [0.3, 0.4) is 0 Å². The monoisotopic (exact) mass is 486 g/mol. The van der Waals surface area contributed by atoms with Crippen LogP contribution in [0.25, 0.3) is 11.4 Å². The molecule has 4 heterocycles. The van der Waals surface area contributed by atoms with Gasteiger partial charge in [0.15, 0.2) is 5.82 Å². The maximum Gasteiger partial charge on any atom is 0.392 e. The van der Waals surface area contributed by atoms with Crippen molar-refractivity contribution >= 4 is 5.91 Å². The topological polar surface area (TPSA) is 77.6 Å². The van der Waals surface area contributed by atoms with Crippen molar-refractivity contribution in [1.29, 1.82) is 0 Å². The molecule has 0 aliphatic carbocycles. The van der Waals surface area contributed by atoms with Gasteiger partial charge < -0.3 is 9.88 Å². The molecule has 2 aromatic heterocycles. The Morgan fingerprint density at radius 1 is 1.09 bits per heavy atom. The standard InChI is InChI=1S/C25H29F3N6O/c1-3-19-22(33-10-8-15(2)12-20(33)30-19)24(35)29-14-16-4-6-17(7-5-16)23-31-21-13-18(25(26,27)28)9-11-34(21)32-23/h4-7,15,18H,3,8-14H2,1-2H3,(H,29,35). The molecule has 0 radical (unpaired) electrons. The summed E-state index contributed by atoms with van der Waals surface area (Å²) in [7, 11) is 0. The number of hydrogen-bond donors (Lipinski definition) is 1. The van der Waals surface area contributed by atoms with Gasteiger partial charge in [0, 0.05) is 38.0 Å². The van der Waals surface area contributed by atoms with Crippen molar-refractivity contribution in [3.05, 3.63) is 52.9 Å². The summed E-state index contributed by atoms with van der Waals surface area (Å²) in [6, 6.07) is 7.43. The summed E-state index contributed by atoms with van der Waals surface area (Å²) in [6.45, 7) is 5.61. The van der Waals surface area contributed by atoms with Crippen molar-refractivity contribution in [3.8, 4) is 11.4 Å². The number of fused-ring (bicyclic) bond motifs is 2. The van der Waals surface area contributed by atoms with Crippen molar-refractivity contribution in [1.82, 2.24) is 29.6 Å². The Kier molecular flexibility index (Phi) is 6.14. The first-order valence-corrected chi connectivity index (χ1v) is 12.2. The van der Waals surface area contributed by atoms with Gasteiger partial charge in [-0.3, -0.25) is 4.79 Å². The van der Waals surface area contributed by atoms with Gasteiger partial charge in [-0.05, 0) is 30.7 Å². The van der Waals surface area contributed by atoms with Crippen molar-refractivity contribution in [3.63, 3.8) is 0 Å². The van der Waals surface area contributed by atoms with E-state index >= 15 is 0 Å². The van der Waals surface area contributed by atoms with Crippen LogP contribution in [0.15, 0.2) is 24.3 Å². The Balaban J connectivity index is 1.25. The maximum absolute atomic E-state index is 13.1. The summed E-state index contributed by atoms with van der Waals surface area (Å²) in [5.74, 6) is 0.872. The van der Waals surface area contributed by atoms with Crippen LogP contribution in [0.5, 0.6) is 0 Å². The molecule has 3 aromatic rings. The highest BCUT2D eigenvalue weighted by atomic mass is 19.4. The highest BCUT2D eigenvalue weighted by Gasteiger charge is 2.42. The lowest BCUT2D eigenvalue weighted by atomic mass is 9.98. The Bertz CT molecular complexity index is 1230. The second-order valence-electron chi connectivity index (χ2n) is 9.61. The minimum Gasteiger partial charge on any atom is -0.347 e. The average molecular weight is 487 g/mol. The van der Waals surface area contributed by atoms with Gasteiger partial charge >= 0.3 is 6.18 Å². The quantitative estimate of drug-likeness (QED) is 0.582. The molecular weight excluding hydrogens is 457 g/mol. The molecule has 0 spiro atoms. The molecule has 10 heteroatoms. The van der Waals surface area contributed by atoms with E-state index in [0.29, 0.717) is 36.2 Å². The number of carbonyl (C=O) groups is 1. The first kappa shape index (κ1) is 23.6. The zero-order valence-corrected chi connectivity index (χ0v) is 19.9. The van der Waals surface area contributed by atoms with Crippen LogP contribution in [0, 0.1) is 11.8 Å². The number of hydrogen-bond acceptors (Lipinski definition) is 4. The predicted octanol–water partition coefficient (Wildman–Crippen LogP) is 4.34. The molecule has 35 heavy (non-hydrogen) atoms. The van der Waals surface area contributed by atoms with E-state index < -0.39 is 12.1 Å². The van der Waals surface area contributed by atoms with E-state index in [9.17, 15) is 18.0 Å². The number of amides is 1. The van der Waals surface area contributed by atoms with Crippen LogP contribution in [-0.4, -0.2) is 36.4 Å². The summed E-state index contributed by atoms with van der Waals surface area (Å²) in [4.78, 5) is 22.1. The van der Waals surface area contributed by atoms with E-state index in [1.54, 1.807) is 4.68 Å². The molecule has 0 fully saturated rings. The molecule has 1 N–H and O–H groups in total. The first-order chi connectivity index (χ1) is 16.7. The van der Waals surface area contributed by atoms with E-state index in [0.717, 1.165) is 42.0 Å². The van der Waals surface area contributed by atoms with Crippen LogP contribution in [0.2, 0.25) is 0 Å². The van der Waals surface area contributed by atoms with E-state index in [4.69, 9.17) is 4.98 Å². The number of halogens is 3. The first-order valence-electron chi connectivity index (χ1n) is 12.2. The van der Waals surface area contributed by atoms with Crippen LogP contribution in [0.1, 0.15) is 60.1 Å². The molecule has 5 rings (SSSR count). The summed E-state index contributed by atoms with van der Waals surface area (Å²) in [5.41, 5.74) is 3.14. The largest absolute Gasteiger partial charge is 0.392 e. The van der Waals surface area contributed by atoms with Gasteiger partial charge in [0.2, 0.25) is 0 Å². The number of alkyl halides is 3. The molecule has 1 amide bonds. The van der Waals surface area contributed by atoms with Gasteiger partial charge in [-0.2, -0.15) is 18.3 Å². The summed E-state index contributed by atoms with van der Waals surface area (Å²) in [6.07, 6.45) is -1.69. The van der Waals surface area contributed by atoms with Crippen LogP contribution < -0.4 is 5.32 Å². The third-order valence-corrected chi connectivity index (χ3v) is 7.04. The summed E-state index contributed by atoms with van der Waals surface area (Å²) < 4.78 is 42.9. The summed E-state index contributed by atoms with van der Waals surface area (Å²) in [5, 5.41) is 7.41. The molecule has 0 saturated heterocycles. The van der Waals surface area contributed by atoms with Crippen LogP contribution in [0.4, 0.5) is 13.2 Å². The lowest BCUT2D eigenvalue weighted by molar-refractivity contribution is -0.179. The number of aromatic nitrogens is 5. The molecule has 2 atom stereocenters. The molecule has 2 unspecified atom stereocenters. The van der Waals surface area contributed by atoms with Crippen LogP contribution in [-0.2, 0) is 38.9 Å². The number of nitrogens with zero attached hydrogens (tertiary/aromatic N) is 5. The predicted molar refractivity (Wildman–Crippen MR) is 124 cm³/mol. The van der Waals surface area contributed by atoms with Gasteiger partial charge in [0.1, 0.15) is 17.3 Å². The van der Waals surface area contributed by atoms with E-state index in [1.807, 2.05) is 31.2 Å². The zero-order chi connectivity index (χ0) is 24.7. The number of imidazole rings is 1. The smallest absolute Gasteiger partial charge is 0.347 e. The van der Waals surface area contributed by atoms with Crippen molar-refractivity contribution < 1.29 is 18.0 Å². The van der Waals surface area contributed by atoms with Gasteiger partial charge in [-0.25, -0.2) is 14.6 Å². The van der Waals surface area contributed by atoms with E-state index in [2.05, 4.69) is 26.9 Å². The number of benzene rings is 1. The normalized spacial score (nSPS) is 19.8. The number of carbonyl (C=O) groups excluding carboxylic acids is 1. The number of nitrogens with one attached hydrogen (secondary N) is 1. The molecular formula is C25H29F3N6O. The number of rotatable bonds is 5. The second-order valence-corrected chi connectivity index (χ2v) is 9.61. The minimum atomic E-state index is -4.21. The van der Waals surface area contributed by atoms with Gasteiger partial charge in [0.25, 0.3) is 5.91 Å². The van der Waals surface area contributed by atoms with Gasteiger partial charge in [-0.15, -0.1) is 0 Å². The molecule has 7 nitrogen and oxygen atoms in total. The maximum atomic E-state index is 13.1. The fourth-order valence-electron chi connectivity index (χ4n) is 4.96. The molecule has 2 aliphatic heterocycles. The SMILES string of the molecule is CCc1nc2n(c1C(=O)NCc1ccc(-c3nc4n(n3)CCC(C(F)(F)F)C4)cc1)CCC(C)C2. The third kappa shape index (κ3) is 4.70. The average Bonchev–Trinajstić information content (AvgIpc) is 3.42. The lowest BCUT2D eigenvalue weighted by Crippen LogP contribution is -2.31. The fourth-order valence-corrected chi connectivity index (χ4v) is 4.96. The molecule has 186 valence electrons. The summed E-state index contributed by atoms with van der Waals surface area (Å²) >= 11 is 0. The molecule has 1 aromatic carbocycles. The molecule has 0 bridgehead atoms. The van der Waals surface area contributed by atoms with Gasteiger partial charge in [0.05, 0.1) is 11.6 Å². The van der Waals surface area contributed by atoms with Crippen LogP contribution >= 0.6 is 0 Å². The molecule has 2 aliphatic rings. The van der Waals surface area contributed by atoms with E-state index in [1.165, 1.54) is 0 Å². The van der Waals surface area contributed by atoms with Crippen molar-refractivity contribution in [2.45, 2.75) is 71.8 Å². The van der Waals surface area contributed by atoms with Gasteiger partial charge in [-0.1, -0.05) is 38.1 Å². The van der Waals surface area contributed by atoms with Crippen molar-refractivity contribution in [2.24, 2.45) is 11.8 Å². The highest BCUT2D eigenvalue weighted by molar-refractivity contribution is 5.94. The Morgan fingerprint density at radius 2 is 1.86 bits per heavy atom. The Hall–Kier alpha value is -3.17. The second kappa shape index (κ2) is 9.13. The zero-order valence-electron chi connectivity index (χ0n) is 19.9. The number of aryl methyl sites for hydroxylation is 2. The molecule has 0 saturated carbocycles. The highest BCUT2D eigenvalue weighted by Crippen LogP contribution is 2.35. The fraction of sp³-hybridized carbons (Fsp3) is 0.520. The van der Waals surface area contributed by atoms with E-state index in [-0.39, 0.29) is 25.3 Å².